The fourth-order valence-corrected chi connectivity index (χ4v) is 3.35. The van der Waals surface area contributed by atoms with E-state index in [1.54, 1.807) is 16.5 Å². The molecular weight excluding hydrogens is 298 g/mol. The van der Waals surface area contributed by atoms with Gasteiger partial charge in [0, 0.05) is 25.2 Å². The zero-order valence-corrected chi connectivity index (χ0v) is 13.4. The van der Waals surface area contributed by atoms with Gasteiger partial charge in [-0.2, -0.15) is 0 Å². The summed E-state index contributed by atoms with van der Waals surface area (Å²) >= 11 is 1.52. The van der Waals surface area contributed by atoms with Crippen LogP contribution in [-0.4, -0.2) is 52.8 Å². The maximum absolute atomic E-state index is 12.6. The van der Waals surface area contributed by atoms with Crippen LogP contribution in [0.2, 0.25) is 0 Å². The lowest BCUT2D eigenvalue weighted by Crippen LogP contribution is -2.52. The quantitative estimate of drug-likeness (QED) is 0.870. The van der Waals surface area contributed by atoms with Crippen molar-refractivity contribution in [2.45, 2.75) is 19.8 Å². The molecule has 0 bridgehead atoms. The maximum atomic E-state index is 12.6. The molecule has 22 heavy (non-hydrogen) atoms. The molecular formula is C16H19N3O2S. The van der Waals surface area contributed by atoms with Gasteiger partial charge in [0.2, 0.25) is 5.91 Å². The lowest BCUT2D eigenvalue weighted by atomic mass is 10.1. The Labute approximate surface area is 133 Å². The SMILES string of the molecule is CCCCN1CCN(C(=O)c2ccc3ncsc3c2)CC1=O. The Balaban J connectivity index is 1.69. The summed E-state index contributed by atoms with van der Waals surface area (Å²) in [5, 5.41) is 0. The van der Waals surface area contributed by atoms with Crippen LogP contribution >= 0.6 is 11.3 Å². The fourth-order valence-electron chi connectivity index (χ4n) is 2.64. The number of aromatic nitrogens is 1. The second-order valence-corrected chi connectivity index (χ2v) is 6.38. The number of nitrogens with zero attached hydrogens (tertiary/aromatic N) is 3. The third-order valence-corrected chi connectivity index (χ3v) is 4.76. The molecule has 1 saturated heterocycles. The molecule has 0 aliphatic carbocycles. The summed E-state index contributed by atoms with van der Waals surface area (Å²) in [5.41, 5.74) is 3.31. The van der Waals surface area contributed by atoms with Gasteiger partial charge in [-0.15, -0.1) is 11.3 Å². The number of fused-ring (bicyclic) bond motifs is 1. The van der Waals surface area contributed by atoms with E-state index in [-0.39, 0.29) is 18.4 Å². The Bertz CT molecular complexity index is 698. The van der Waals surface area contributed by atoms with Crippen LogP contribution in [0.4, 0.5) is 0 Å². The van der Waals surface area contributed by atoms with Crippen LogP contribution in [0.3, 0.4) is 0 Å². The van der Waals surface area contributed by atoms with Gasteiger partial charge in [-0.1, -0.05) is 13.3 Å². The van der Waals surface area contributed by atoms with E-state index in [2.05, 4.69) is 11.9 Å². The molecule has 3 rings (SSSR count). The van der Waals surface area contributed by atoms with Crippen molar-refractivity contribution in [2.75, 3.05) is 26.2 Å². The van der Waals surface area contributed by atoms with Gasteiger partial charge in [-0.05, 0) is 24.6 Å². The number of piperazine rings is 1. The van der Waals surface area contributed by atoms with Crippen LogP contribution in [-0.2, 0) is 4.79 Å². The van der Waals surface area contributed by atoms with Gasteiger partial charge in [-0.3, -0.25) is 9.59 Å². The van der Waals surface area contributed by atoms with Gasteiger partial charge >= 0.3 is 0 Å². The van der Waals surface area contributed by atoms with E-state index in [0.29, 0.717) is 18.7 Å². The number of unbranched alkanes of at least 4 members (excludes halogenated alkanes) is 1. The third kappa shape index (κ3) is 2.97. The predicted molar refractivity (Wildman–Crippen MR) is 87.0 cm³/mol. The molecule has 1 aliphatic rings. The smallest absolute Gasteiger partial charge is 0.254 e. The molecule has 2 amide bonds. The molecule has 6 heteroatoms. The summed E-state index contributed by atoms with van der Waals surface area (Å²) in [6.45, 7) is 4.33. The number of hydrogen-bond acceptors (Lipinski definition) is 4. The van der Waals surface area contributed by atoms with Gasteiger partial charge in [0.05, 0.1) is 15.7 Å². The Hall–Kier alpha value is -1.95. The second kappa shape index (κ2) is 6.44. The summed E-state index contributed by atoms with van der Waals surface area (Å²) in [4.78, 5) is 32.4. The molecule has 0 atom stereocenters. The molecule has 1 aliphatic heterocycles. The zero-order chi connectivity index (χ0) is 15.5. The summed E-state index contributed by atoms with van der Waals surface area (Å²) in [5.74, 6) is -0.0225. The molecule has 2 aromatic rings. The van der Waals surface area contributed by atoms with E-state index in [4.69, 9.17) is 0 Å². The predicted octanol–water partition coefficient (Wildman–Crippen LogP) is 2.38. The first-order valence-electron chi connectivity index (χ1n) is 7.59. The van der Waals surface area contributed by atoms with Crippen molar-refractivity contribution in [1.82, 2.24) is 14.8 Å². The minimum atomic E-state index is -0.0706. The van der Waals surface area contributed by atoms with E-state index < -0.39 is 0 Å². The molecule has 5 nitrogen and oxygen atoms in total. The Morgan fingerprint density at radius 3 is 3.00 bits per heavy atom. The summed E-state index contributed by atoms with van der Waals surface area (Å²) in [6.07, 6.45) is 2.09. The molecule has 0 unspecified atom stereocenters. The van der Waals surface area contributed by atoms with Gasteiger partial charge in [0.1, 0.15) is 6.54 Å². The van der Waals surface area contributed by atoms with Gasteiger partial charge in [0.15, 0.2) is 0 Å². The van der Waals surface area contributed by atoms with Gasteiger partial charge in [-0.25, -0.2) is 4.98 Å². The van der Waals surface area contributed by atoms with Crippen molar-refractivity contribution in [1.29, 1.82) is 0 Å². The summed E-state index contributed by atoms with van der Waals surface area (Å²) in [6, 6.07) is 5.51. The number of carbonyl (C=O) groups excluding carboxylic acids is 2. The van der Waals surface area contributed by atoms with Crippen LogP contribution in [0.25, 0.3) is 10.2 Å². The molecule has 116 valence electrons. The van der Waals surface area contributed by atoms with Gasteiger partial charge < -0.3 is 9.80 Å². The first-order valence-corrected chi connectivity index (χ1v) is 8.47. The molecule has 0 spiro atoms. The zero-order valence-electron chi connectivity index (χ0n) is 12.6. The number of thiazole rings is 1. The number of carbonyl (C=O) groups is 2. The highest BCUT2D eigenvalue weighted by molar-refractivity contribution is 7.16. The Morgan fingerprint density at radius 2 is 2.23 bits per heavy atom. The molecule has 1 fully saturated rings. The van der Waals surface area contributed by atoms with Crippen LogP contribution < -0.4 is 0 Å². The lowest BCUT2D eigenvalue weighted by Gasteiger charge is -2.34. The molecule has 0 N–H and O–H groups in total. The normalized spacial score (nSPS) is 15.6. The lowest BCUT2D eigenvalue weighted by molar-refractivity contribution is -0.135. The summed E-state index contributed by atoms with van der Waals surface area (Å²) in [7, 11) is 0. The van der Waals surface area contributed by atoms with Crippen LogP contribution in [0, 0.1) is 0 Å². The molecule has 0 saturated carbocycles. The van der Waals surface area contributed by atoms with E-state index in [9.17, 15) is 9.59 Å². The van der Waals surface area contributed by atoms with Crippen LogP contribution in [0.1, 0.15) is 30.1 Å². The topological polar surface area (TPSA) is 53.5 Å². The largest absolute Gasteiger partial charge is 0.339 e. The number of amides is 2. The molecule has 0 radical (unpaired) electrons. The van der Waals surface area contributed by atoms with Crippen LogP contribution in [0.15, 0.2) is 23.7 Å². The van der Waals surface area contributed by atoms with E-state index in [1.807, 2.05) is 17.0 Å². The van der Waals surface area contributed by atoms with Crippen molar-refractivity contribution in [3.8, 4) is 0 Å². The monoisotopic (exact) mass is 317 g/mol. The average Bonchev–Trinajstić information content (AvgIpc) is 3.00. The second-order valence-electron chi connectivity index (χ2n) is 5.50. The summed E-state index contributed by atoms with van der Waals surface area (Å²) < 4.78 is 0.999. The van der Waals surface area contributed by atoms with Crippen molar-refractivity contribution in [3.05, 3.63) is 29.3 Å². The Kier molecular flexibility index (Phi) is 4.38. The standard InChI is InChI=1S/C16H19N3O2S/c1-2-3-6-18-7-8-19(10-15(18)20)16(21)12-4-5-13-14(9-12)22-11-17-13/h4-5,9,11H,2-3,6-8,10H2,1H3. The number of benzene rings is 1. The highest BCUT2D eigenvalue weighted by atomic mass is 32.1. The van der Waals surface area contributed by atoms with Crippen molar-refractivity contribution in [2.24, 2.45) is 0 Å². The third-order valence-electron chi connectivity index (χ3n) is 3.97. The van der Waals surface area contributed by atoms with Crippen molar-refractivity contribution < 1.29 is 9.59 Å². The number of rotatable bonds is 4. The average molecular weight is 317 g/mol. The highest BCUT2D eigenvalue weighted by Crippen LogP contribution is 2.20. The van der Waals surface area contributed by atoms with Crippen molar-refractivity contribution >= 4 is 33.4 Å². The first-order chi connectivity index (χ1) is 10.7. The van der Waals surface area contributed by atoms with Crippen molar-refractivity contribution in [3.63, 3.8) is 0 Å². The minimum absolute atomic E-state index is 0.0481. The molecule has 1 aromatic heterocycles. The maximum Gasteiger partial charge on any atom is 0.254 e. The molecule has 1 aromatic carbocycles. The first kappa shape index (κ1) is 15.0. The van der Waals surface area contributed by atoms with Crippen LogP contribution in [0.5, 0.6) is 0 Å². The Morgan fingerprint density at radius 1 is 1.36 bits per heavy atom. The van der Waals surface area contributed by atoms with E-state index >= 15 is 0 Å². The fraction of sp³-hybridized carbons (Fsp3) is 0.438. The minimum Gasteiger partial charge on any atom is -0.339 e. The highest BCUT2D eigenvalue weighted by Gasteiger charge is 2.27. The number of hydrogen-bond donors (Lipinski definition) is 0. The van der Waals surface area contributed by atoms with E-state index in [1.165, 1.54) is 11.3 Å². The van der Waals surface area contributed by atoms with Gasteiger partial charge in [0.25, 0.3) is 5.91 Å². The van der Waals surface area contributed by atoms with E-state index in [0.717, 1.165) is 29.6 Å². The molecule has 2 heterocycles.